The lowest BCUT2D eigenvalue weighted by Gasteiger charge is -2.37. The number of aliphatic hydroxyl groups excluding tert-OH is 1. The molecule has 1 aliphatic heterocycles. The highest BCUT2D eigenvalue weighted by molar-refractivity contribution is 5.98. The number of ether oxygens (including phenoxy) is 1. The Bertz CT molecular complexity index is 1410. The molecule has 7 nitrogen and oxygen atoms in total. The molecule has 0 fully saturated rings. The quantitative estimate of drug-likeness (QED) is 0.335. The van der Waals surface area contributed by atoms with E-state index in [2.05, 4.69) is 77.4 Å². The van der Waals surface area contributed by atoms with Gasteiger partial charge in [0, 0.05) is 55.3 Å². The molecule has 0 unspecified atom stereocenters. The molecule has 5 rings (SSSR count). The van der Waals surface area contributed by atoms with Gasteiger partial charge in [-0.1, -0.05) is 67.6 Å². The zero-order valence-electron chi connectivity index (χ0n) is 23.3. The number of rotatable bonds is 8. The Balaban J connectivity index is 1.37. The molecule has 3 heterocycles. The number of hydrogen-bond acceptors (Lipinski definition) is 6. The van der Waals surface area contributed by atoms with E-state index >= 15 is 0 Å². The molecule has 0 saturated heterocycles. The van der Waals surface area contributed by atoms with E-state index < -0.39 is 0 Å². The van der Waals surface area contributed by atoms with Gasteiger partial charge in [0.15, 0.2) is 0 Å². The second kappa shape index (κ2) is 12.4. The van der Waals surface area contributed by atoms with Crippen molar-refractivity contribution in [2.45, 2.75) is 32.5 Å². The van der Waals surface area contributed by atoms with Crippen molar-refractivity contribution in [3.63, 3.8) is 0 Å². The number of aliphatic hydroxyl groups is 1. The lowest BCUT2D eigenvalue weighted by molar-refractivity contribution is 0.0325. The van der Waals surface area contributed by atoms with Crippen LogP contribution >= 0.6 is 0 Å². The van der Waals surface area contributed by atoms with Crippen molar-refractivity contribution in [3.8, 4) is 28.1 Å². The molecular formula is C33H36N4O3. The molecular weight excluding hydrogens is 500 g/mol. The average Bonchev–Trinajstić information content (AvgIpc) is 2.99. The van der Waals surface area contributed by atoms with E-state index in [1.807, 2.05) is 31.2 Å². The molecule has 0 spiro atoms. The van der Waals surface area contributed by atoms with Gasteiger partial charge in [0.25, 0.3) is 5.91 Å². The van der Waals surface area contributed by atoms with Crippen molar-refractivity contribution in [1.82, 2.24) is 19.8 Å². The van der Waals surface area contributed by atoms with Crippen molar-refractivity contribution in [2.24, 2.45) is 5.92 Å². The number of hydrogen-bond donors (Lipinski definition) is 1. The van der Waals surface area contributed by atoms with Crippen molar-refractivity contribution < 1.29 is 14.6 Å². The molecule has 1 amide bonds. The van der Waals surface area contributed by atoms with Crippen LogP contribution in [-0.2, 0) is 6.54 Å². The minimum atomic E-state index is -0.329. The summed E-state index contributed by atoms with van der Waals surface area (Å²) in [6.07, 6.45) is 4.98. The number of aromatic nitrogens is 2. The van der Waals surface area contributed by atoms with Gasteiger partial charge in [-0.25, -0.2) is 4.98 Å². The summed E-state index contributed by atoms with van der Waals surface area (Å²) in [4.78, 5) is 26.5. The van der Waals surface area contributed by atoms with Crippen molar-refractivity contribution in [1.29, 1.82) is 0 Å². The minimum Gasteiger partial charge on any atom is -0.472 e. The molecule has 1 aliphatic rings. The average molecular weight is 537 g/mol. The largest absolute Gasteiger partial charge is 0.472 e. The van der Waals surface area contributed by atoms with Crippen LogP contribution in [0.5, 0.6) is 5.88 Å². The number of benzene rings is 2. The van der Waals surface area contributed by atoms with Crippen molar-refractivity contribution >= 4 is 5.91 Å². The van der Waals surface area contributed by atoms with Gasteiger partial charge in [-0.2, -0.15) is 0 Å². The van der Waals surface area contributed by atoms with E-state index in [-0.39, 0.29) is 30.6 Å². The van der Waals surface area contributed by atoms with E-state index in [0.29, 0.717) is 24.5 Å². The molecule has 2 aromatic heterocycles. The molecule has 0 aliphatic carbocycles. The maximum absolute atomic E-state index is 13.7. The zero-order chi connectivity index (χ0) is 28.1. The Hall–Kier alpha value is -4.07. The highest BCUT2D eigenvalue weighted by Gasteiger charge is 2.34. The van der Waals surface area contributed by atoms with Crippen LogP contribution in [0.25, 0.3) is 22.3 Å². The number of nitrogens with zero attached hydrogens (tertiary/aromatic N) is 4. The van der Waals surface area contributed by atoms with Crippen LogP contribution in [0.1, 0.15) is 29.8 Å². The number of carbonyl (C=O) groups excluding carboxylic acids is 1. The van der Waals surface area contributed by atoms with Gasteiger partial charge in [0.2, 0.25) is 5.88 Å². The fourth-order valence-corrected chi connectivity index (χ4v) is 5.13. The third-order valence-corrected chi connectivity index (χ3v) is 7.52. The first-order valence-electron chi connectivity index (χ1n) is 13.7. The van der Waals surface area contributed by atoms with Crippen LogP contribution in [0.2, 0.25) is 0 Å². The second-order valence-electron chi connectivity index (χ2n) is 10.7. The van der Waals surface area contributed by atoms with Crippen LogP contribution in [0.3, 0.4) is 0 Å². The first kappa shape index (κ1) is 27.5. The van der Waals surface area contributed by atoms with Crippen LogP contribution in [0.4, 0.5) is 0 Å². The third kappa shape index (κ3) is 6.22. The Morgan fingerprint density at radius 3 is 2.42 bits per heavy atom. The Morgan fingerprint density at radius 1 is 1.00 bits per heavy atom. The monoisotopic (exact) mass is 536 g/mol. The van der Waals surface area contributed by atoms with Crippen LogP contribution in [0.15, 0.2) is 91.4 Å². The van der Waals surface area contributed by atoms with Crippen LogP contribution in [-0.4, -0.2) is 69.7 Å². The van der Waals surface area contributed by atoms with Crippen LogP contribution in [0, 0.1) is 5.92 Å². The molecule has 0 bridgehead atoms. The highest BCUT2D eigenvalue weighted by Crippen LogP contribution is 2.30. The van der Waals surface area contributed by atoms with E-state index in [4.69, 9.17) is 4.74 Å². The predicted molar refractivity (Wildman–Crippen MR) is 157 cm³/mol. The van der Waals surface area contributed by atoms with E-state index in [0.717, 1.165) is 17.7 Å². The number of amides is 1. The second-order valence-corrected chi connectivity index (χ2v) is 10.7. The van der Waals surface area contributed by atoms with Gasteiger partial charge in [-0.3, -0.25) is 14.7 Å². The number of likely N-dealkylation sites (N-methyl/N-ethyl adjacent to an activating group) is 1. The number of carbonyl (C=O) groups is 1. The molecule has 0 saturated carbocycles. The van der Waals surface area contributed by atoms with Crippen molar-refractivity contribution in [3.05, 3.63) is 103 Å². The molecule has 3 atom stereocenters. The van der Waals surface area contributed by atoms with Crippen LogP contribution < -0.4 is 4.74 Å². The van der Waals surface area contributed by atoms with Crippen molar-refractivity contribution in [2.75, 3.05) is 26.7 Å². The first-order valence-corrected chi connectivity index (χ1v) is 13.7. The smallest absolute Gasteiger partial charge is 0.259 e. The summed E-state index contributed by atoms with van der Waals surface area (Å²) in [5, 5.41) is 9.94. The molecule has 206 valence electrons. The fourth-order valence-electron chi connectivity index (χ4n) is 5.13. The lowest BCUT2D eigenvalue weighted by atomic mass is 9.99. The fraction of sp³-hybridized carbons (Fsp3) is 0.303. The van der Waals surface area contributed by atoms with Gasteiger partial charge >= 0.3 is 0 Å². The Kier molecular flexibility index (Phi) is 8.53. The van der Waals surface area contributed by atoms with Gasteiger partial charge in [0.1, 0.15) is 11.7 Å². The molecule has 0 radical (unpaired) electrons. The van der Waals surface area contributed by atoms with Gasteiger partial charge in [-0.15, -0.1) is 0 Å². The standard InChI is InChI=1S/C33H36N4O3/c1-23-19-37(24(2)22-38)33(39)30-16-29(28-10-7-15-34-17-28)18-35-32(30)40-31(23)21-36(3)20-25-11-13-27(14-12-25)26-8-5-4-6-9-26/h4-18,23-24,31,38H,19-22H2,1-3H3/t23-,24+,31+/m1/s1. The minimum absolute atomic E-state index is 0.0220. The number of pyridine rings is 2. The van der Waals surface area contributed by atoms with E-state index in [1.165, 1.54) is 16.7 Å². The topological polar surface area (TPSA) is 78.8 Å². The lowest BCUT2D eigenvalue weighted by Crippen LogP contribution is -2.49. The molecule has 40 heavy (non-hydrogen) atoms. The van der Waals surface area contributed by atoms with Gasteiger partial charge < -0.3 is 14.7 Å². The molecule has 7 heteroatoms. The maximum Gasteiger partial charge on any atom is 0.259 e. The van der Waals surface area contributed by atoms with E-state index in [1.54, 1.807) is 23.5 Å². The van der Waals surface area contributed by atoms with Gasteiger partial charge in [0.05, 0.1) is 12.6 Å². The Morgan fingerprint density at radius 2 is 1.73 bits per heavy atom. The summed E-state index contributed by atoms with van der Waals surface area (Å²) in [6, 6.07) is 24.3. The van der Waals surface area contributed by atoms with E-state index in [9.17, 15) is 9.90 Å². The zero-order valence-corrected chi connectivity index (χ0v) is 23.3. The SMILES string of the molecule is C[C@@H]1CN([C@@H](C)CO)C(=O)c2cc(-c3cccnc3)cnc2O[C@H]1CN(C)Cc1ccc(-c2ccccc2)cc1. The molecule has 1 N–H and O–H groups in total. The number of fused-ring (bicyclic) bond motifs is 1. The predicted octanol–water partition coefficient (Wildman–Crippen LogP) is 5.16. The summed E-state index contributed by atoms with van der Waals surface area (Å²) in [5.74, 6) is 0.158. The first-order chi connectivity index (χ1) is 19.4. The summed E-state index contributed by atoms with van der Waals surface area (Å²) in [7, 11) is 2.08. The highest BCUT2D eigenvalue weighted by atomic mass is 16.5. The molecule has 2 aromatic carbocycles. The third-order valence-electron chi connectivity index (χ3n) is 7.52. The maximum atomic E-state index is 13.7. The molecule has 4 aromatic rings. The summed E-state index contributed by atoms with van der Waals surface area (Å²) in [5.41, 5.74) is 5.68. The Labute approximate surface area is 236 Å². The summed E-state index contributed by atoms with van der Waals surface area (Å²) >= 11 is 0. The normalized spacial score (nSPS) is 18.0. The summed E-state index contributed by atoms with van der Waals surface area (Å²) < 4.78 is 6.48. The van der Waals surface area contributed by atoms with Gasteiger partial charge in [-0.05, 0) is 42.8 Å². The summed E-state index contributed by atoms with van der Waals surface area (Å²) in [6.45, 7) is 5.73.